The number of nitrogens with one attached hydrogen (secondary N) is 3. The van der Waals surface area contributed by atoms with Crippen molar-refractivity contribution in [1.29, 1.82) is 0 Å². The van der Waals surface area contributed by atoms with Crippen LogP contribution >= 0.6 is 12.4 Å². The van der Waals surface area contributed by atoms with E-state index in [1.807, 2.05) is 13.8 Å². The average molecular weight is 318 g/mol. The third-order valence-corrected chi connectivity index (χ3v) is 4.11. The number of fused-ring (bicyclic) bond motifs is 2. The van der Waals surface area contributed by atoms with Gasteiger partial charge in [0, 0.05) is 37.5 Å². The van der Waals surface area contributed by atoms with Crippen LogP contribution in [-0.2, 0) is 9.59 Å². The maximum atomic E-state index is 11.9. The van der Waals surface area contributed by atoms with E-state index in [0.717, 1.165) is 12.8 Å². The van der Waals surface area contributed by atoms with Crippen molar-refractivity contribution in [2.45, 2.75) is 70.5 Å². The highest BCUT2D eigenvalue weighted by molar-refractivity contribution is 5.85. The van der Waals surface area contributed by atoms with Crippen LogP contribution in [0.25, 0.3) is 0 Å². The molecule has 2 atom stereocenters. The Balaban J connectivity index is 0.00000220. The van der Waals surface area contributed by atoms with Crippen molar-refractivity contribution in [3.63, 3.8) is 0 Å². The van der Waals surface area contributed by atoms with Crippen LogP contribution in [-0.4, -0.2) is 36.5 Å². The van der Waals surface area contributed by atoms with E-state index in [1.165, 1.54) is 12.8 Å². The van der Waals surface area contributed by atoms with Crippen molar-refractivity contribution in [3.05, 3.63) is 0 Å². The zero-order chi connectivity index (χ0) is 14.5. The molecule has 2 unspecified atom stereocenters. The highest BCUT2D eigenvalue weighted by Gasteiger charge is 2.33. The molecule has 122 valence electrons. The summed E-state index contributed by atoms with van der Waals surface area (Å²) in [6.07, 6.45) is 5.47. The van der Waals surface area contributed by atoms with Gasteiger partial charge in [0.05, 0.1) is 0 Å². The third-order valence-electron chi connectivity index (χ3n) is 4.11. The highest BCUT2D eigenvalue weighted by Crippen LogP contribution is 2.26. The predicted molar refractivity (Wildman–Crippen MR) is 85.4 cm³/mol. The lowest BCUT2D eigenvalue weighted by molar-refractivity contribution is -0.123. The van der Waals surface area contributed by atoms with E-state index in [1.54, 1.807) is 0 Å². The second kappa shape index (κ2) is 8.59. The fraction of sp³-hybridized carbons (Fsp3) is 0.867. The second-order valence-corrected chi connectivity index (χ2v) is 6.57. The number of amides is 2. The Morgan fingerprint density at radius 3 is 2.33 bits per heavy atom. The van der Waals surface area contributed by atoms with Crippen molar-refractivity contribution in [2.24, 2.45) is 5.92 Å². The van der Waals surface area contributed by atoms with E-state index in [2.05, 4.69) is 16.0 Å². The zero-order valence-electron chi connectivity index (χ0n) is 13.0. The minimum Gasteiger partial charge on any atom is -0.356 e. The summed E-state index contributed by atoms with van der Waals surface area (Å²) in [7, 11) is 0. The normalized spacial score (nSPS) is 27.1. The van der Waals surface area contributed by atoms with Gasteiger partial charge in [-0.25, -0.2) is 0 Å². The topological polar surface area (TPSA) is 70.2 Å². The molecule has 0 saturated carbocycles. The van der Waals surface area contributed by atoms with Gasteiger partial charge in [-0.15, -0.1) is 12.4 Å². The van der Waals surface area contributed by atoms with Gasteiger partial charge in [0.1, 0.15) is 0 Å². The Morgan fingerprint density at radius 1 is 1.14 bits per heavy atom. The van der Waals surface area contributed by atoms with Crippen LogP contribution in [0.15, 0.2) is 0 Å². The second-order valence-electron chi connectivity index (χ2n) is 6.57. The van der Waals surface area contributed by atoms with Crippen LogP contribution in [0.5, 0.6) is 0 Å². The van der Waals surface area contributed by atoms with E-state index in [-0.39, 0.29) is 24.2 Å². The van der Waals surface area contributed by atoms with Crippen LogP contribution in [0.3, 0.4) is 0 Å². The summed E-state index contributed by atoms with van der Waals surface area (Å²) in [5.74, 6) is 0.447. The van der Waals surface area contributed by atoms with Crippen molar-refractivity contribution in [3.8, 4) is 0 Å². The first kappa shape index (κ1) is 18.2. The molecule has 2 aliphatic rings. The number of carbonyl (C=O) groups is 2. The molecule has 2 saturated heterocycles. The predicted octanol–water partition coefficient (Wildman–Crippen LogP) is 1.36. The quantitative estimate of drug-likeness (QED) is 0.693. The summed E-state index contributed by atoms with van der Waals surface area (Å²) >= 11 is 0. The molecule has 0 aromatic carbocycles. The van der Waals surface area contributed by atoms with Gasteiger partial charge in [0.25, 0.3) is 0 Å². The van der Waals surface area contributed by atoms with E-state index in [0.29, 0.717) is 43.4 Å². The molecular formula is C15H28ClN3O2. The van der Waals surface area contributed by atoms with Gasteiger partial charge in [-0.05, 0) is 31.6 Å². The molecule has 21 heavy (non-hydrogen) atoms. The molecule has 0 aliphatic carbocycles. The molecule has 0 radical (unpaired) electrons. The molecule has 2 heterocycles. The number of hydrogen-bond acceptors (Lipinski definition) is 3. The molecule has 5 nitrogen and oxygen atoms in total. The SMILES string of the molecule is CC(C)CC(=O)NCCC(=O)NC1CC2CCC(C1)N2.Cl. The van der Waals surface area contributed by atoms with Gasteiger partial charge in [0.2, 0.25) is 11.8 Å². The van der Waals surface area contributed by atoms with Crippen molar-refractivity contribution in [1.82, 2.24) is 16.0 Å². The molecule has 0 aromatic rings. The number of rotatable bonds is 6. The molecule has 6 heteroatoms. The fourth-order valence-corrected chi connectivity index (χ4v) is 3.23. The molecule has 2 amide bonds. The summed E-state index contributed by atoms with van der Waals surface area (Å²) in [6, 6.07) is 1.49. The van der Waals surface area contributed by atoms with Gasteiger partial charge in [-0.2, -0.15) is 0 Å². The summed E-state index contributed by atoms with van der Waals surface area (Å²) < 4.78 is 0. The molecule has 0 spiro atoms. The molecule has 2 rings (SSSR count). The Labute approximate surface area is 133 Å². The van der Waals surface area contributed by atoms with Crippen LogP contribution in [0.4, 0.5) is 0 Å². The molecule has 0 aromatic heterocycles. The number of piperidine rings is 1. The van der Waals surface area contributed by atoms with Gasteiger partial charge in [-0.1, -0.05) is 13.8 Å². The van der Waals surface area contributed by atoms with Gasteiger partial charge in [-0.3, -0.25) is 9.59 Å². The molecule has 2 bridgehead atoms. The lowest BCUT2D eigenvalue weighted by Crippen LogP contribution is -2.48. The van der Waals surface area contributed by atoms with Crippen LogP contribution < -0.4 is 16.0 Å². The van der Waals surface area contributed by atoms with Gasteiger partial charge < -0.3 is 16.0 Å². The Morgan fingerprint density at radius 2 is 1.76 bits per heavy atom. The van der Waals surface area contributed by atoms with Crippen molar-refractivity contribution >= 4 is 24.2 Å². The molecule has 3 N–H and O–H groups in total. The Hall–Kier alpha value is -0.810. The maximum Gasteiger partial charge on any atom is 0.221 e. The number of halogens is 1. The smallest absolute Gasteiger partial charge is 0.221 e. The summed E-state index contributed by atoms with van der Waals surface area (Å²) in [5, 5.41) is 9.47. The zero-order valence-corrected chi connectivity index (χ0v) is 13.8. The van der Waals surface area contributed by atoms with E-state index >= 15 is 0 Å². The number of hydrogen-bond donors (Lipinski definition) is 3. The highest BCUT2D eigenvalue weighted by atomic mass is 35.5. The van der Waals surface area contributed by atoms with Crippen molar-refractivity contribution < 1.29 is 9.59 Å². The minimum absolute atomic E-state index is 0. The summed E-state index contributed by atoms with van der Waals surface area (Å²) in [6.45, 7) is 4.46. The lowest BCUT2D eigenvalue weighted by Gasteiger charge is -2.29. The van der Waals surface area contributed by atoms with Crippen LogP contribution in [0, 0.1) is 5.92 Å². The summed E-state index contributed by atoms with van der Waals surface area (Å²) in [5.41, 5.74) is 0. The number of carbonyl (C=O) groups excluding carboxylic acids is 2. The average Bonchev–Trinajstić information content (AvgIpc) is 2.67. The van der Waals surface area contributed by atoms with E-state index in [9.17, 15) is 9.59 Å². The van der Waals surface area contributed by atoms with Crippen molar-refractivity contribution in [2.75, 3.05) is 6.54 Å². The Bertz CT molecular complexity index is 351. The first-order valence-corrected chi connectivity index (χ1v) is 7.85. The largest absolute Gasteiger partial charge is 0.356 e. The monoisotopic (exact) mass is 317 g/mol. The van der Waals surface area contributed by atoms with Gasteiger partial charge >= 0.3 is 0 Å². The van der Waals surface area contributed by atoms with Crippen LogP contribution in [0.1, 0.15) is 52.4 Å². The van der Waals surface area contributed by atoms with Crippen LogP contribution in [0.2, 0.25) is 0 Å². The Kier molecular flexibility index (Phi) is 7.46. The standard InChI is InChI=1S/C15H27N3O2.ClH/c1-10(2)7-15(20)16-6-5-14(19)18-13-8-11-3-4-12(9-13)17-11;/h10-13,17H,3-9H2,1-2H3,(H,16,20)(H,18,19);1H. The molecule has 2 aliphatic heterocycles. The lowest BCUT2D eigenvalue weighted by atomic mass is 10.00. The molecule has 2 fully saturated rings. The first-order chi connectivity index (χ1) is 9.52. The van der Waals surface area contributed by atoms with E-state index < -0.39 is 0 Å². The summed E-state index contributed by atoms with van der Waals surface area (Å²) in [4.78, 5) is 23.3. The fourth-order valence-electron chi connectivity index (χ4n) is 3.23. The molecular weight excluding hydrogens is 290 g/mol. The third kappa shape index (κ3) is 6.22. The first-order valence-electron chi connectivity index (χ1n) is 7.85. The van der Waals surface area contributed by atoms with Gasteiger partial charge in [0.15, 0.2) is 0 Å². The van der Waals surface area contributed by atoms with E-state index in [4.69, 9.17) is 0 Å². The maximum absolute atomic E-state index is 11.9. The minimum atomic E-state index is 0.